The van der Waals surface area contributed by atoms with Gasteiger partial charge in [-0.05, 0) is 24.6 Å². The Labute approximate surface area is 73.7 Å². The maximum atomic E-state index is 5.73. The average Bonchev–Trinajstić information content (AvgIpc) is 1.94. The molecule has 3 heteroatoms. The topological polar surface area (TPSA) is 12.0 Å². The fourth-order valence-electron chi connectivity index (χ4n) is 0.696. The average molecular weight is 220 g/mol. The molecule has 0 amide bonds. The van der Waals surface area contributed by atoms with E-state index in [0.29, 0.717) is 0 Å². The molecule has 1 N–H and O–H groups in total. The number of nitrogens with one attached hydrogen (secondary N) is 1. The van der Waals surface area contributed by atoms with Gasteiger partial charge in [0.15, 0.2) is 0 Å². The lowest BCUT2D eigenvalue weighted by Gasteiger charge is -2.01. The lowest BCUT2D eigenvalue weighted by Crippen LogP contribution is -1.83. The van der Waals surface area contributed by atoms with E-state index in [1.54, 1.807) is 0 Å². The van der Waals surface area contributed by atoms with Crippen LogP contribution in [0.1, 0.15) is 5.56 Å². The van der Waals surface area contributed by atoms with Crippen LogP contribution in [0.25, 0.3) is 0 Å². The van der Waals surface area contributed by atoms with Crippen LogP contribution in [-0.2, 0) is 0 Å². The number of aryl methyl sites for hydroxylation is 1. The second-order valence-electron chi connectivity index (χ2n) is 2.05. The van der Waals surface area contributed by atoms with Gasteiger partial charge in [0, 0.05) is 26.9 Å². The van der Waals surface area contributed by atoms with Crippen LogP contribution in [0.2, 0.25) is 5.02 Å². The zero-order valence-corrected chi connectivity index (χ0v) is 7.83. The summed E-state index contributed by atoms with van der Waals surface area (Å²) in [5.74, 6) is 0. The van der Waals surface area contributed by atoms with Gasteiger partial charge in [-0.15, -0.1) is 0 Å². The molecule has 0 spiro atoms. The standard InChI is InChI=1S/C7H7BrClN/c1-5-2-3-6(9)4-7(5)10-8/h2-4,10H,1H3. The van der Waals surface area contributed by atoms with Crippen LogP contribution in [0.4, 0.5) is 5.69 Å². The zero-order valence-electron chi connectivity index (χ0n) is 5.49. The molecule has 0 bridgehead atoms. The Kier molecular flexibility index (Phi) is 2.57. The number of hydrogen-bond acceptors (Lipinski definition) is 1. The van der Waals surface area contributed by atoms with Crippen molar-refractivity contribution in [2.45, 2.75) is 6.92 Å². The van der Waals surface area contributed by atoms with E-state index in [1.165, 1.54) is 5.56 Å². The molecule has 0 atom stereocenters. The molecule has 0 radical (unpaired) electrons. The molecule has 0 saturated carbocycles. The van der Waals surface area contributed by atoms with E-state index in [2.05, 4.69) is 20.5 Å². The predicted octanol–water partition coefficient (Wildman–Crippen LogP) is 3.37. The number of hydrogen-bond donors (Lipinski definition) is 1. The Morgan fingerprint density at radius 2 is 2.20 bits per heavy atom. The Morgan fingerprint density at radius 3 is 2.70 bits per heavy atom. The Bertz CT molecular complexity index is 237. The van der Waals surface area contributed by atoms with Crippen molar-refractivity contribution in [3.63, 3.8) is 0 Å². The van der Waals surface area contributed by atoms with Crippen molar-refractivity contribution in [1.82, 2.24) is 0 Å². The van der Waals surface area contributed by atoms with E-state index in [9.17, 15) is 0 Å². The first-order valence-corrected chi connectivity index (χ1v) is 4.04. The number of rotatable bonds is 1. The second-order valence-corrected chi connectivity index (χ2v) is 2.89. The molecule has 0 heterocycles. The van der Waals surface area contributed by atoms with Crippen LogP contribution >= 0.6 is 27.7 Å². The summed E-state index contributed by atoms with van der Waals surface area (Å²) in [6.07, 6.45) is 0. The fourth-order valence-corrected chi connectivity index (χ4v) is 1.30. The highest BCUT2D eigenvalue weighted by molar-refractivity contribution is 9.10. The van der Waals surface area contributed by atoms with Gasteiger partial charge in [0.25, 0.3) is 0 Å². The van der Waals surface area contributed by atoms with Crippen molar-refractivity contribution < 1.29 is 0 Å². The molecule has 10 heavy (non-hydrogen) atoms. The van der Waals surface area contributed by atoms with E-state index in [4.69, 9.17) is 11.6 Å². The van der Waals surface area contributed by atoms with Crippen molar-refractivity contribution in [2.75, 3.05) is 4.34 Å². The van der Waals surface area contributed by atoms with Crippen molar-refractivity contribution in [1.29, 1.82) is 0 Å². The van der Waals surface area contributed by atoms with E-state index in [-0.39, 0.29) is 0 Å². The molecule has 0 unspecified atom stereocenters. The third-order valence-corrected chi connectivity index (χ3v) is 1.96. The van der Waals surface area contributed by atoms with Gasteiger partial charge in [0.05, 0.1) is 0 Å². The molecule has 1 nitrogen and oxygen atoms in total. The highest BCUT2D eigenvalue weighted by Gasteiger charge is 1.95. The van der Waals surface area contributed by atoms with Crippen LogP contribution in [0.5, 0.6) is 0 Å². The summed E-state index contributed by atoms with van der Waals surface area (Å²) in [6, 6.07) is 5.70. The molecule has 1 rings (SSSR count). The molecular formula is C7H7BrClN. The van der Waals surface area contributed by atoms with Crippen LogP contribution in [-0.4, -0.2) is 0 Å². The third kappa shape index (κ3) is 1.64. The van der Waals surface area contributed by atoms with E-state index in [1.807, 2.05) is 25.1 Å². The quantitative estimate of drug-likeness (QED) is 0.716. The first kappa shape index (κ1) is 7.89. The van der Waals surface area contributed by atoms with Gasteiger partial charge in [-0.25, -0.2) is 0 Å². The number of anilines is 1. The minimum atomic E-state index is 0.743. The van der Waals surface area contributed by atoms with Gasteiger partial charge in [0.2, 0.25) is 0 Å². The molecule has 0 aromatic heterocycles. The third-order valence-electron chi connectivity index (χ3n) is 1.30. The second kappa shape index (κ2) is 3.26. The summed E-state index contributed by atoms with van der Waals surface area (Å²) in [4.78, 5) is 0. The van der Waals surface area contributed by atoms with Gasteiger partial charge >= 0.3 is 0 Å². The summed E-state index contributed by atoms with van der Waals surface area (Å²) in [5.41, 5.74) is 2.17. The molecular weight excluding hydrogens is 213 g/mol. The minimum absolute atomic E-state index is 0.743. The molecule has 0 fully saturated rings. The Morgan fingerprint density at radius 1 is 1.50 bits per heavy atom. The first-order chi connectivity index (χ1) is 4.74. The Hall–Kier alpha value is -0.210. The Balaban J connectivity index is 3.09. The highest BCUT2D eigenvalue weighted by Crippen LogP contribution is 2.20. The summed E-state index contributed by atoms with van der Waals surface area (Å²) >= 11 is 8.87. The SMILES string of the molecule is Cc1ccc(Cl)cc1NBr. The lowest BCUT2D eigenvalue weighted by molar-refractivity contribution is 1.47. The van der Waals surface area contributed by atoms with Crippen molar-refractivity contribution in [2.24, 2.45) is 0 Å². The van der Waals surface area contributed by atoms with Crippen LogP contribution in [0, 0.1) is 6.92 Å². The summed E-state index contributed by atoms with van der Waals surface area (Å²) < 4.78 is 2.86. The van der Waals surface area contributed by atoms with Crippen molar-refractivity contribution in [3.8, 4) is 0 Å². The van der Waals surface area contributed by atoms with Crippen LogP contribution < -0.4 is 4.34 Å². The van der Waals surface area contributed by atoms with E-state index >= 15 is 0 Å². The largest absolute Gasteiger partial charge is 0.322 e. The summed E-state index contributed by atoms with van der Waals surface area (Å²) in [6.45, 7) is 2.01. The summed E-state index contributed by atoms with van der Waals surface area (Å²) in [7, 11) is 0. The van der Waals surface area contributed by atoms with E-state index < -0.39 is 0 Å². The molecule has 0 saturated heterocycles. The predicted molar refractivity (Wildman–Crippen MR) is 48.7 cm³/mol. The van der Waals surface area contributed by atoms with Gasteiger partial charge in [-0.1, -0.05) is 17.7 Å². The monoisotopic (exact) mass is 219 g/mol. The molecule has 0 aliphatic heterocycles. The lowest BCUT2D eigenvalue weighted by atomic mass is 10.2. The highest BCUT2D eigenvalue weighted by atomic mass is 79.9. The maximum absolute atomic E-state index is 5.73. The molecule has 0 aliphatic carbocycles. The van der Waals surface area contributed by atoms with E-state index in [0.717, 1.165) is 10.7 Å². The number of benzene rings is 1. The minimum Gasteiger partial charge on any atom is -0.322 e. The van der Waals surface area contributed by atoms with Crippen LogP contribution in [0.15, 0.2) is 18.2 Å². The molecule has 1 aromatic carbocycles. The van der Waals surface area contributed by atoms with Crippen molar-refractivity contribution in [3.05, 3.63) is 28.8 Å². The van der Waals surface area contributed by atoms with Crippen LogP contribution in [0.3, 0.4) is 0 Å². The maximum Gasteiger partial charge on any atom is 0.0485 e. The van der Waals surface area contributed by atoms with Crippen molar-refractivity contribution >= 4 is 33.4 Å². The fraction of sp³-hybridized carbons (Fsp3) is 0.143. The molecule has 0 aliphatic rings. The summed E-state index contributed by atoms with van der Waals surface area (Å²) in [5, 5.41) is 0.743. The molecule has 54 valence electrons. The van der Waals surface area contributed by atoms with Gasteiger partial charge < -0.3 is 4.34 Å². The van der Waals surface area contributed by atoms with Gasteiger partial charge in [0.1, 0.15) is 0 Å². The molecule has 1 aromatic rings. The smallest absolute Gasteiger partial charge is 0.0485 e. The van der Waals surface area contributed by atoms with Gasteiger partial charge in [-0.3, -0.25) is 0 Å². The number of halogens is 2. The van der Waals surface area contributed by atoms with Gasteiger partial charge in [-0.2, -0.15) is 0 Å². The zero-order chi connectivity index (χ0) is 7.56. The first-order valence-electron chi connectivity index (χ1n) is 2.87. The normalized spacial score (nSPS) is 9.50.